The molecule has 11 nitrogen and oxygen atoms in total. The van der Waals surface area contributed by atoms with Crippen LogP contribution in [0, 0.1) is 17.8 Å². The van der Waals surface area contributed by atoms with Gasteiger partial charge in [-0.25, -0.2) is 15.0 Å². The molecule has 0 saturated heterocycles. The fourth-order valence-electron chi connectivity index (χ4n) is 4.82. The van der Waals surface area contributed by atoms with Crippen molar-refractivity contribution in [2.75, 3.05) is 14.2 Å². The van der Waals surface area contributed by atoms with E-state index in [0.717, 1.165) is 24.2 Å². The quantitative estimate of drug-likeness (QED) is 0.298. The molecule has 0 bridgehead atoms. The minimum atomic E-state index is -4.60. The van der Waals surface area contributed by atoms with E-state index in [9.17, 15) is 32.3 Å². The van der Waals surface area contributed by atoms with Gasteiger partial charge in [-0.2, -0.15) is 13.2 Å². The van der Waals surface area contributed by atoms with Crippen LogP contribution in [-0.2, 0) is 36.5 Å². The van der Waals surface area contributed by atoms with Gasteiger partial charge in [-0.1, -0.05) is 20.8 Å². The number of hydrogen-bond donors (Lipinski definition) is 1. The van der Waals surface area contributed by atoms with Gasteiger partial charge >= 0.3 is 18.1 Å². The summed E-state index contributed by atoms with van der Waals surface area (Å²) in [5.74, 6) is -2.16. The van der Waals surface area contributed by atoms with E-state index in [0.29, 0.717) is 17.4 Å². The van der Waals surface area contributed by atoms with Crippen LogP contribution < -0.4 is 5.32 Å². The molecule has 2 heterocycles. The van der Waals surface area contributed by atoms with Gasteiger partial charge in [0.25, 0.3) is 5.91 Å². The van der Waals surface area contributed by atoms with Gasteiger partial charge < -0.3 is 19.7 Å². The van der Waals surface area contributed by atoms with Crippen molar-refractivity contribution in [2.45, 2.75) is 84.2 Å². The van der Waals surface area contributed by atoms with E-state index in [1.54, 1.807) is 18.9 Å². The van der Waals surface area contributed by atoms with Crippen molar-refractivity contribution in [3.8, 4) is 0 Å². The van der Waals surface area contributed by atoms with Crippen molar-refractivity contribution >= 4 is 35.1 Å². The number of halogens is 3. The maximum absolute atomic E-state index is 13.3. The Morgan fingerprint density at radius 2 is 1.75 bits per heavy atom. The number of ether oxygens (including phenoxy) is 2. The number of hydrogen-bond acceptors (Lipinski definition) is 10. The van der Waals surface area contributed by atoms with Crippen LogP contribution in [0.3, 0.4) is 0 Å². The van der Waals surface area contributed by atoms with Crippen molar-refractivity contribution in [2.24, 2.45) is 17.8 Å². The Hall–Kier alpha value is -3.62. The summed E-state index contributed by atoms with van der Waals surface area (Å²) < 4.78 is 49.2. The molecule has 1 saturated carbocycles. The van der Waals surface area contributed by atoms with Gasteiger partial charge in [0.1, 0.15) is 16.5 Å². The first-order valence-electron chi connectivity index (χ1n) is 14.3. The predicted molar refractivity (Wildman–Crippen MR) is 153 cm³/mol. The molecule has 0 radical (unpaired) electrons. The Kier molecular flexibility index (Phi) is 11.8. The molecule has 2 aromatic rings. The molecule has 3 rings (SSSR count). The molecular formula is C29H38F3N5O6S. The van der Waals surface area contributed by atoms with Gasteiger partial charge in [0.05, 0.1) is 18.6 Å². The van der Waals surface area contributed by atoms with Crippen molar-refractivity contribution < 1.29 is 41.8 Å². The number of carbonyl (C=O) groups excluding carboxylic acids is 4. The Morgan fingerprint density at radius 1 is 1.11 bits per heavy atom. The lowest BCUT2D eigenvalue weighted by atomic mass is 9.96. The van der Waals surface area contributed by atoms with Crippen LogP contribution in [0.4, 0.5) is 13.2 Å². The average Bonchev–Trinajstić information content (AvgIpc) is 3.68. The number of esters is 2. The number of amides is 2. The number of nitrogens with zero attached hydrogens (tertiary/aromatic N) is 4. The average molecular weight is 642 g/mol. The third kappa shape index (κ3) is 9.69. The molecule has 1 aliphatic carbocycles. The number of methoxy groups -OCH3 is 1. The van der Waals surface area contributed by atoms with Gasteiger partial charge in [0.2, 0.25) is 5.91 Å². The number of alkyl halides is 3. The van der Waals surface area contributed by atoms with Crippen molar-refractivity contribution in [3.63, 3.8) is 0 Å². The van der Waals surface area contributed by atoms with Crippen LogP contribution in [0.1, 0.15) is 86.4 Å². The first kappa shape index (κ1) is 34.9. The maximum atomic E-state index is 13.3. The fraction of sp³-hybridized carbons (Fsp3) is 0.621. The van der Waals surface area contributed by atoms with E-state index < -0.39 is 47.6 Å². The monoisotopic (exact) mass is 641 g/mol. The maximum Gasteiger partial charge on any atom is 0.419 e. The molecular weight excluding hydrogens is 603 g/mol. The second kappa shape index (κ2) is 14.9. The van der Waals surface area contributed by atoms with Crippen molar-refractivity contribution in [3.05, 3.63) is 39.9 Å². The molecule has 4 atom stereocenters. The molecule has 2 aromatic heterocycles. The molecule has 2 amide bonds. The van der Waals surface area contributed by atoms with Gasteiger partial charge in [-0.3, -0.25) is 19.2 Å². The number of aromatic nitrogens is 3. The van der Waals surface area contributed by atoms with E-state index in [1.807, 2.05) is 13.8 Å². The van der Waals surface area contributed by atoms with Gasteiger partial charge in [0, 0.05) is 62.6 Å². The minimum Gasteiger partial charge on any atom is -0.469 e. The highest BCUT2D eigenvalue weighted by Crippen LogP contribution is 2.35. The molecule has 44 heavy (non-hydrogen) atoms. The standard InChI is InChI=1S/C29H38F3N5O6S/c1-15(2)22(37(5)27(40)18-7-8-18)11-23(43-17(4)38)26-36-21(14-44-26)25(39)35-20(9-16(3)28(41)42-6)10-24-33-12-19(13-34-24)29(30,31)32/h12-16,18,20,22-23H,7-11H2,1-6H3,(H,35,39)/t16-,20+,22?,23?/m0/s1. The van der Waals surface area contributed by atoms with Crippen LogP contribution in [0.5, 0.6) is 0 Å². The van der Waals surface area contributed by atoms with Gasteiger partial charge in [-0.05, 0) is 25.2 Å². The molecule has 1 fully saturated rings. The van der Waals surface area contributed by atoms with Crippen molar-refractivity contribution in [1.82, 2.24) is 25.2 Å². The fourth-order valence-corrected chi connectivity index (χ4v) is 5.66. The molecule has 1 N–H and O–H groups in total. The Bertz CT molecular complexity index is 1320. The summed E-state index contributed by atoms with van der Waals surface area (Å²) >= 11 is 1.12. The first-order chi connectivity index (χ1) is 20.6. The third-order valence-corrected chi connectivity index (χ3v) is 8.31. The second-order valence-electron chi connectivity index (χ2n) is 11.4. The predicted octanol–water partition coefficient (Wildman–Crippen LogP) is 4.38. The van der Waals surface area contributed by atoms with E-state index >= 15 is 0 Å². The van der Waals surface area contributed by atoms with Gasteiger partial charge in [-0.15, -0.1) is 11.3 Å². The number of nitrogens with one attached hydrogen (secondary N) is 1. The highest BCUT2D eigenvalue weighted by atomic mass is 32.1. The first-order valence-corrected chi connectivity index (χ1v) is 15.1. The summed E-state index contributed by atoms with van der Waals surface area (Å²) in [5, 5.41) is 4.65. The Balaban J connectivity index is 1.79. The molecule has 242 valence electrons. The minimum absolute atomic E-state index is 0.0198. The van der Waals surface area contributed by atoms with E-state index in [4.69, 9.17) is 9.47 Å². The molecule has 0 aliphatic heterocycles. The second-order valence-corrected chi connectivity index (χ2v) is 12.2. The molecule has 2 unspecified atom stereocenters. The summed E-state index contributed by atoms with van der Waals surface area (Å²) in [6.07, 6.45) is -2.06. The zero-order valence-corrected chi connectivity index (χ0v) is 26.3. The molecule has 0 spiro atoms. The number of rotatable bonds is 14. The SMILES string of the molecule is COC(=O)[C@@H](C)C[C@H](Cc1ncc(C(F)(F)F)cn1)NC(=O)c1csc(C(CC(C(C)C)N(C)C(=O)C2CC2)OC(C)=O)n1. The lowest BCUT2D eigenvalue weighted by molar-refractivity contribution is -0.149. The Labute approximate surface area is 257 Å². The largest absolute Gasteiger partial charge is 0.469 e. The molecule has 15 heteroatoms. The van der Waals surface area contributed by atoms with Gasteiger partial charge in [0.15, 0.2) is 6.10 Å². The molecule has 0 aromatic carbocycles. The summed E-state index contributed by atoms with van der Waals surface area (Å²) in [7, 11) is 2.97. The third-order valence-electron chi connectivity index (χ3n) is 7.37. The van der Waals surface area contributed by atoms with Crippen LogP contribution in [0.15, 0.2) is 17.8 Å². The van der Waals surface area contributed by atoms with E-state index in [1.165, 1.54) is 19.4 Å². The number of thiazole rings is 1. The summed E-state index contributed by atoms with van der Waals surface area (Å²) in [6, 6.07) is -1.00. The molecule has 1 aliphatic rings. The zero-order valence-electron chi connectivity index (χ0n) is 25.5. The van der Waals surface area contributed by atoms with E-state index in [2.05, 4.69) is 20.3 Å². The number of carbonyl (C=O) groups is 4. The lowest BCUT2D eigenvalue weighted by Gasteiger charge is -2.33. The highest BCUT2D eigenvalue weighted by Gasteiger charge is 2.37. The highest BCUT2D eigenvalue weighted by molar-refractivity contribution is 7.09. The van der Waals surface area contributed by atoms with Crippen LogP contribution >= 0.6 is 11.3 Å². The zero-order chi connectivity index (χ0) is 32.8. The van der Waals surface area contributed by atoms with Crippen LogP contribution in [-0.4, -0.2) is 69.8 Å². The van der Waals surface area contributed by atoms with Crippen LogP contribution in [0.25, 0.3) is 0 Å². The summed E-state index contributed by atoms with van der Waals surface area (Å²) in [4.78, 5) is 63.9. The van der Waals surface area contributed by atoms with Crippen LogP contribution in [0.2, 0.25) is 0 Å². The summed E-state index contributed by atoms with van der Waals surface area (Å²) in [6.45, 7) is 6.82. The Morgan fingerprint density at radius 3 is 2.27 bits per heavy atom. The smallest absolute Gasteiger partial charge is 0.419 e. The topological polar surface area (TPSA) is 141 Å². The van der Waals surface area contributed by atoms with E-state index in [-0.39, 0.29) is 54.6 Å². The lowest BCUT2D eigenvalue weighted by Crippen LogP contribution is -2.42. The normalized spacial score (nSPS) is 16.0. The summed E-state index contributed by atoms with van der Waals surface area (Å²) in [5.41, 5.74) is -0.986. The van der Waals surface area contributed by atoms with Crippen molar-refractivity contribution in [1.29, 1.82) is 0 Å².